The van der Waals surface area contributed by atoms with Gasteiger partial charge in [-0.2, -0.15) is 4.52 Å². The molecule has 0 fully saturated rings. The van der Waals surface area contributed by atoms with Crippen LogP contribution < -0.4 is 5.32 Å². The van der Waals surface area contributed by atoms with Crippen LogP contribution >= 0.6 is 0 Å². The van der Waals surface area contributed by atoms with E-state index >= 15 is 0 Å². The standard InChI is InChI=1S/C17H19N5/c1-11-19-20-16-9-8-15(21-22(11)16)18-14-10-17(2,3)13-7-5-4-6-12(13)14/h4-9,14H,10H2,1-3H3,(H,18,21). The molecule has 112 valence electrons. The van der Waals surface area contributed by atoms with Gasteiger partial charge in [0.25, 0.3) is 0 Å². The molecule has 0 amide bonds. The van der Waals surface area contributed by atoms with E-state index in [2.05, 4.69) is 58.7 Å². The van der Waals surface area contributed by atoms with Gasteiger partial charge in [0.2, 0.25) is 0 Å². The molecule has 1 aliphatic carbocycles. The summed E-state index contributed by atoms with van der Waals surface area (Å²) in [6, 6.07) is 12.9. The number of nitrogens with zero attached hydrogens (tertiary/aromatic N) is 4. The van der Waals surface area contributed by atoms with Crippen molar-refractivity contribution >= 4 is 11.5 Å². The Hall–Kier alpha value is -2.43. The topological polar surface area (TPSA) is 55.1 Å². The second kappa shape index (κ2) is 4.53. The SMILES string of the molecule is Cc1nnc2ccc(NC3CC(C)(C)c4ccccc43)nn12. The smallest absolute Gasteiger partial charge is 0.178 e. The van der Waals surface area contributed by atoms with E-state index in [4.69, 9.17) is 0 Å². The molecule has 1 aliphatic rings. The Morgan fingerprint density at radius 1 is 1.14 bits per heavy atom. The quantitative estimate of drug-likeness (QED) is 0.788. The lowest BCUT2D eigenvalue weighted by Gasteiger charge is -2.19. The summed E-state index contributed by atoms with van der Waals surface area (Å²) in [6.45, 7) is 6.51. The lowest BCUT2D eigenvalue weighted by atomic mass is 9.86. The fraction of sp³-hybridized carbons (Fsp3) is 0.353. The van der Waals surface area contributed by atoms with Crippen molar-refractivity contribution < 1.29 is 0 Å². The second-order valence-electron chi connectivity index (χ2n) is 6.61. The van der Waals surface area contributed by atoms with Crippen LogP contribution in [0.1, 0.15) is 43.3 Å². The number of hydrogen-bond acceptors (Lipinski definition) is 4. The number of aromatic nitrogens is 4. The molecule has 22 heavy (non-hydrogen) atoms. The molecule has 4 rings (SSSR count). The fourth-order valence-electron chi connectivity index (χ4n) is 3.43. The van der Waals surface area contributed by atoms with Crippen molar-refractivity contribution in [1.29, 1.82) is 0 Å². The van der Waals surface area contributed by atoms with Crippen LogP contribution in [0.5, 0.6) is 0 Å². The molecule has 0 saturated heterocycles. The summed E-state index contributed by atoms with van der Waals surface area (Å²) >= 11 is 0. The highest BCUT2D eigenvalue weighted by Gasteiger charge is 2.36. The van der Waals surface area contributed by atoms with Crippen molar-refractivity contribution in [2.24, 2.45) is 0 Å². The third-order valence-corrected chi connectivity index (χ3v) is 4.52. The highest BCUT2D eigenvalue weighted by atomic mass is 15.4. The van der Waals surface area contributed by atoms with Gasteiger partial charge in [-0.1, -0.05) is 38.1 Å². The second-order valence-corrected chi connectivity index (χ2v) is 6.61. The Balaban J connectivity index is 1.70. The number of hydrogen-bond donors (Lipinski definition) is 1. The summed E-state index contributed by atoms with van der Waals surface area (Å²) in [4.78, 5) is 0. The Bertz CT molecular complexity index is 849. The molecule has 3 aromatic rings. The number of fused-ring (bicyclic) bond motifs is 2. The highest BCUT2D eigenvalue weighted by molar-refractivity contribution is 5.49. The summed E-state index contributed by atoms with van der Waals surface area (Å²) in [5.41, 5.74) is 3.75. The zero-order chi connectivity index (χ0) is 15.3. The maximum absolute atomic E-state index is 4.60. The average molecular weight is 293 g/mol. The molecular weight excluding hydrogens is 274 g/mol. The predicted octanol–water partition coefficient (Wildman–Crippen LogP) is 3.27. The van der Waals surface area contributed by atoms with Crippen molar-refractivity contribution in [3.8, 4) is 0 Å². The van der Waals surface area contributed by atoms with E-state index in [0.717, 1.165) is 23.7 Å². The van der Waals surface area contributed by atoms with Crippen molar-refractivity contribution in [2.75, 3.05) is 5.32 Å². The first-order valence-electron chi connectivity index (χ1n) is 7.60. The molecule has 0 bridgehead atoms. The van der Waals surface area contributed by atoms with Crippen molar-refractivity contribution in [1.82, 2.24) is 19.8 Å². The summed E-state index contributed by atoms with van der Waals surface area (Å²) in [5.74, 6) is 1.65. The van der Waals surface area contributed by atoms with Gasteiger partial charge in [0, 0.05) is 0 Å². The van der Waals surface area contributed by atoms with E-state index < -0.39 is 0 Å². The zero-order valence-electron chi connectivity index (χ0n) is 13.0. The Kier molecular flexibility index (Phi) is 2.73. The van der Waals surface area contributed by atoms with Gasteiger partial charge in [-0.25, -0.2) is 0 Å². The summed E-state index contributed by atoms with van der Waals surface area (Å²) < 4.78 is 1.77. The molecule has 0 saturated carbocycles. The zero-order valence-corrected chi connectivity index (χ0v) is 13.0. The van der Waals surface area contributed by atoms with Crippen molar-refractivity contribution in [3.63, 3.8) is 0 Å². The molecule has 0 aliphatic heterocycles. The minimum atomic E-state index is 0.185. The maximum atomic E-state index is 4.60. The number of rotatable bonds is 2. The minimum absolute atomic E-state index is 0.185. The molecule has 5 heteroatoms. The largest absolute Gasteiger partial charge is 0.362 e. The van der Waals surface area contributed by atoms with Crippen LogP contribution in [-0.2, 0) is 5.41 Å². The molecule has 0 radical (unpaired) electrons. The molecular formula is C17H19N5. The predicted molar refractivity (Wildman–Crippen MR) is 86.0 cm³/mol. The monoisotopic (exact) mass is 293 g/mol. The first-order chi connectivity index (χ1) is 10.5. The maximum Gasteiger partial charge on any atom is 0.178 e. The molecule has 2 aromatic heterocycles. The number of aryl methyl sites for hydroxylation is 1. The van der Waals surface area contributed by atoms with Crippen LogP contribution in [0.15, 0.2) is 36.4 Å². The number of benzene rings is 1. The van der Waals surface area contributed by atoms with Crippen LogP contribution in [0.4, 0.5) is 5.82 Å². The van der Waals surface area contributed by atoms with Crippen molar-refractivity contribution in [3.05, 3.63) is 53.3 Å². The van der Waals surface area contributed by atoms with E-state index in [1.54, 1.807) is 4.52 Å². The van der Waals surface area contributed by atoms with Gasteiger partial charge >= 0.3 is 0 Å². The fourth-order valence-corrected chi connectivity index (χ4v) is 3.43. The lowest BCUT2D eigenvalue weighted by molar-refractivity contribution is 0.492. The van der Waals surface area contributed by atoms with Crippen LogP contribution in [-0.4, -0.2) is 19.8 Å². The molecule has 1 N–H and O–H groups in total. The third-order valence-electron chi connectivity index (χ3n) is 4.52. The molecule has 1 unspecified atom stereocenters. The van der Waals surface area contributed by atoms with Gasteiger partial charge in [0.15, 0.2) is 11.5 Å². The Morgan fingerprint density at radius 3 is 2.82 bits per heavy atom. The van der Waals surface area contributed by atoms with Crippen LogP contribution in [0.2, 0.25) is 0 Å². The Labute approximate surface area is 129 Å². The molecule has 2 heterocycles. The Morgan fingerprint density at radius 2 is 1.95 bits per heavy atom. The highest BCUT2D eigenvalue weighted by Crippen LogP contribution is 2.45. The van der Waals surface area contributed by atoms with Crippen molar-refractivity contribution in [2.45, 2.75) is 38.6 Å². The first-order valence-corrected chi connectivity index (χ1v) is 7.60. The van der Waals surface area contributed by atoms with Gasteiger partial charge < -0.3 is 5.32 Å². The van der Waals surface area contributed by atoms with Gasteiger partial charge in [-0.3, -0.25) is 0 Å². The van der Waals surface area contributed by atoms with Gasteiger partial charge in [0.1, 0.15) is 5.82 Å². The molecule has 1 aromatic carbocycles. The summed E-state index contributed by atoms with van der Waals surface area (Å²) in [5, 5.41) is 16.3. The van der Waals surface area contributed by atoms with Gasteiger partial charge in [-0.15, -0.1) is 15.3 Å². The lowest BCUT2D eigenvalue weighted by Crippen LogP contribution is -2.15. The van der Waals surface area contributed by atoms with E-state index in [-0.39, 0.29) is 11.5 Å². The van der Waals surface area contributed by atoms with E-state index in [0.29, 0.717) is 0 Å². The van der Waals surface area contributed by atoms with E-state index in [1.807, 2.05) is 19.1 Å². The molecule has 5 nitrogen and oxygen atoms in total. The molecule has 0 spiro atoms. The first kappa shape index (κ1) is 13.2. The number of anilines is 1. The van der Waals surface area contributed by atoms with Crippen LogP contribution in [0, 0.1) is 6.92 Å². The minimum Gasteiger partial charge on any atom is -0.362 e. The number of nitrogens with one attached hydrogen (secondary N) is 1. The third kappa shape index (κ3) is 1.96. The summed E-state index contributed by atoms with van der Waals surface area (Å²) in [6.07, 6.45) is 1.06. The normalized spacial score (nSPS) is 19.3. The van der Waals surface area contributed by atoms with E-state index in [9.17, 15) is 0 Å². The van der Waals surface area contributed by atoms with E-state index in [1.165, 1.54) is 11.1 Å². The van der Waals surface area contributed by atoms with Crippen LogP contribution in [0.25, 0.3) is 5.65 Å². The van der Waals surface area contributed by atoms with Gasteiger partial charge in [0.05, 0.1) is 6.04 Å². The average Bonchev–Trinajstić information content (AvgIpc) is 2.99. The van der Waals surface area contributed by atoms with Crippen LogP contribution in [0.3, 0.4) is 0 Å². The summed E-state index contributed by atoms with van der Waals surface area (Å²) in [7, 11) is 0. The van der Waals surface area contributed by atoms with Gasteiger partial charge in [-0.05, 0) is 42.0 Å². The molecule has 1 atom stereocenters.